The first-order valence-corrected chi connectivity index (χ1v) is 9.31. The molecule has 4 unspecified atom stereocenters. The van der Waals surface area contributed by atoms with E-state index in [1.54, 1.807) is 13.2 Å². The Morgan fingerprint density at radius 3 is 2.96 bits per heavy atom. The zero-order valence-corrected chi connectivity index (χ0v) is 17.3. The van der Waals surface area contributed by atoms with Gasteiger partial charge in [0.15, 0.2) is 17.6 Å². The van der Waals surface area contributed by atoms with Gasteiger partial charge in [0.05, 0.1) is 39.1 Å². The highest BCUT2D eigenvalue weighted by Gasteiger charge is 2.65. The van der Waals surface area contributed by atoms with E-state index in [-0.39, 0.29) is 34.2 Å². The molecule has 1 aromatic carbocycles. The molecule has 27 heavy (non-hydrogen) atoms. The Labute approximate surface area is 170 Å². The molecule has 0 saturated carbocycles. The summed E-state index contributed by atoms with van der Waals surface area (Å²) >= 11 is 0. The maximum atomic E-state index is 10.5. The number of rotatable bonds is 3. The summed E-state index contributed by atoms with van der Waals surface area (Å²) in [6.45, 7) is 2.04. The Kier molecular flexibility index (Phi) is 4.14. The van der Waals surface area contributed by atoms with Crippen molar-refractivity contribution in [2.24, 2.45) is 0 Å². The van der Waals surface area contributed by atoms with E-state index < -0.39 is 0 Å². The molecule has 2 aliphatic carbocycles. The van der Waals surface area contributed by atoms with Crippen molar-refractivity contribution in [1.82, 2.24) is 0 Å². The Bertz CT molecular complexity index is 915. The van der Waals surface area contributed by atoms with Crippen LogP contribution in [0, 0.1) is 12.3 Å². The van der Waals surface area contributed by atoms with Crippen molar-refractivity contribution in [3.05, 3.63) is 46.7 Å². The number of phenolic OH excluding ortho intramolecular Hbond substituents is 1. The first-order chi connectivity index (χ1) is 12.5. The number of quaternary nitrogens is 1. The van der Waals surface area contributed by atoms with Crippen molar-refractivity contribution < 1.29 is 36.0 Å². The van der Waals surface area contributed by atoms with Gasteiger partial charge in [0, 0.05) is 24.0 Å². The van der Waals surface area contributed by atoms with E-state index >= 15 is 0 Å². The lowest BCUT2D eigenvalue weighted by Gasteiger charge is -2.56. The molecule has 0 radical (unpaired) electrons. The maximum Gasteiger partial charge on any atom is 0.169 e. The van der Waals surface area contributed by atoms with Crippen molar-refractivity contribution in [1.29, 1.82) is 0 Å². The minimum absolute atomic E-state index is 0. The van der Waals surface area contributed by atoms with Gasteiger partial charge in [-0.3, -0.25) is 0 Å². The van der Waals surface area contributed by atoms with Crippen LogP contribution in [0.2, 0.25) is 0 Å². The largest absolute Gasteiger partial charge is 1.00 e. The predicted molar refractivity (Wildman–Crippen MR) is 98.9 cm³/mol. The van der Waals surface area contributed by atoms with E-state index in [1.807, 2.05) is 0 Å². The van der Waals surface area contributed by atoms with Gasteiger partial charge < -0.3 is 36.0 Å². The fourth-order valence-electron chi connectivity index (χ4n) is 5.78. The van der Waals surface area contributed by atoms with E-state index in [2.05, 4.69) is 31.2 Å². The van der Waals surface area contributed by atoms with Crippen LogP contribution in [0.4, 0.5) is 0 Å². The number of terminal acetylenes is 1. The Morgan fingerprint density at radius 1 is 1.41 bits per heavy atom. The molecule has 0 aromatic heterocycles. The highest BCUT2D eigenvalue weighted by molar-refractivity contribution is 5.66. The van der Waals surface area contributed by atoms with Gasteiger partial charge in [-0.15, -0.1) is 12.3 Å². The number of hydrogen-bond donors (Lipinski definition) is 1. The summed E-state index contributed by atoms with van der Waals surface area (Å²) in [7, 11) is 4.03. The lowest BCUT2D eigenvalue weighted by molar-refractivity contribution is -0.933. The molecule has 0 amide bonds. The van der Waals surface area contributed by atoms with Crippen LogP contribution >= 0.6 is 0 Å². The number of methoxy groups -OCH3 is 1. The highest BCUT2D eigenvalue weighted by Crippen LogP contribution is 2.63. The number of aromatic hydroxyl groups is 1. The quantitative estimate of drug-likeness (QED) is 0.527. The molecular formula is C22H24BrNO3. The van der Waals surface area contributed by atoms with Gasteiger partial charge in [-0.2, -0.15) is 0 Å². The van der Waals surface area contributed by atoms with Crippen molar-refractivity contribution in [2.75, 3.05) is 27.2 Å². The molecule has 2 heterocycles. The predicted octanol–water partition coefficient (Wildman–Crippen LogP) is -0.336. The second-order valence-corrected chi connectivity index (χ2v) is 8.16. The van der Waals surface area contributed by atoms with E-state index in [4.69, 9.17) is 15.9 Å². The van der Waals surface area contributed by atoms with Gasteiger partial charge in [0.2, 0.25) is 0 Å². The standard InChI is InChI=1S/C22H23NO3.BrH/c1-4-5-11-23(2)12-10-22-15-7-9-18(25-3)21(22)26-20-17(24)8-6-14(19(20)22)13-16(15)23;/h1,6-9,16,21H,5,10-13H2,2-3H3;1H. The molecule has 2 bridgehead atoms. The second kappa shape index (κ2) is 6.05. The van der Waals surface area contributed by atoms with E-state index in [0.29, 0.717) is 11.8 Å². The maximum absolute atomic E-state index is 10.5. The van der Waals surface area contributed by atoms with Crippen LogP contribution in [-0.2, 0) is 16.6 Å². The average Bonchev–Trinajstić information content (AvgIpc) is 3.00. The van der Waals surface area contributed by atoms with Crippen LogP contribution in [0.5, 0.6) is 11.5 Å². The molecule has 5 rings (SSSR count). The third kappa shape index (κ3) is 2.14. The number of piperidine rings is 1. The van der Waals surface area contributed by atoms with Gasteiger partial charge in [0.25, 0.3) is 0 Å². The Hall–Kier alpha value is -1.90. The number of halogens is 1. The lowest BCUT2D eigenvalue weighted by Crippen LogP contribution is -3.00. The summed E-state index contributed by atoms with van der Waals surface area (Å²) in [6, 6.07) is 4.24. The molecular weight excluding hydrogens is 406 g/mol. The first kappa shape index (κ1) is 18.5. The van der Waals surface area contributed by atoms with Crippen LogP contribution in [-0.4, -0.2) is 49.0 Å². The van der Waals surface area contributed by atoms with Gasteiger partial charge in [-0.25, -0.2) is 0 Å². The summed E-state index contributed by atoms with van der Waals surface area (Å²) in [5.41, 5.74) is 3.70. The normalized spacial score (nSPS) is 34.3. The minimum atomic E-state index is -0.208. The van der Waals surface area contributed by atoms with E-state index in [9.17, 15) is 5.11 Å². The molecule has 4 nitrogen and oxygen atoms in total. The average molecular weight is 430 g/mol. The van der Waals surface area contributed by atoms with Crippen molar-refractivity contribution >= 4 is 0 Å². The minimum Gasteiger partial charge on any atom is -1.00 e. The van der Waals surface area contributed by atoms with Gasteiger partial charge >= 0.3 is 0 Å². The molecule has 142 valence electrons. The van der Waals surface area contributed by atoms with Crippen LogP contribution in [0.25, 0.3) is 0 Å². The topological polar surface area (TPSA) is 38.7 Å². The van der Waals surface area contributed by atoms with Crippen molar-refractivity contribution in [3.8, 4) is 23.8 Å². The molecule has 1 saturated heterocycles. The SMILES string of the molecule is C#CCC[N+]1(C)CCC23C4=CC=C(OC)C2Oc2c(O)ccc(c23)CC41.[Br-]. The van der Waals surface area contributed by atoms with Crippen molar-refractivity contribution in [2.45, 2.75) is 36.8 Å². The van der Waals surface area contributed by atoms with Gasteiger partial charge in [-0.1, -0.05) is 12.1 Å². The smallest absolute Gasteiger partial charge is 0.169 e. The molecule has 5 heteroatoms. The van der Waals surface area contributed by atoms with Crippen LogP contribution in [0.1, 0.15) is 24.0 Å². The number of phenols is 1. The summed E-state index contributed by atoms with van der Waals surface area (Å²) in [5.74, 6) is 4.55. The number of ether oxygens (including phenoxy) is 2. The van der Waals surface area contributed by atoms with Crippen LogP contribution in [0.3, 0.4) is 0 Å². The van der Waals surface area contributed by atoms with E-state index in [0.717, 1.165) is 42.6 Å². The van der Waals surface area contributed by atoms with Gasteiger partial charge in [0.1, 0.15) is 11.8 Å². The molecule has 1 spiro atoms. The number of likely N-dealkylation sites (tertiary alicyclic amines) is 1. The van der Waals surface area contributed by atoms with Crippen molar-refractivity contribution in [3.63, 3.8) is 0 Å². The molecule has 1 aromatic rings. The Morgan fingerprint density at radius 2 is 2.22 bits per heavy atom. The number of nitrogens with zero attached hydrogens (tertiary/aromatic N) is 1. The van der Waals surface area contributed by atoms with Gasteiger partial charge in [-0.05, 0) is 17.7 Å². The van der Waals surface area contributed by atoms with E-state index in [1.165, 1.54) is 16.7 Å². The third-order valence-electron chi connectivity index (χ3n) is 7.10. The number of likely N-dealkylation sites (N-methyl/N-ethyl adjacent to an activating group) is 1. The second-order valence-electron chi connectivity index (χ2n) is 8.16. The molecule has 1 fully saturated rings. The molecule has 2 aliphatic heterocycles. The zero-order valence-electron chi connectivity index (χ0n) is 15.7. The molecule has 4 atom stereocenters. The lowest BCUT2D eigenvalue weighted by atomic mass is 9.56. The third-order valence-corrected chi connectivity index (χ3v) is 7.10. The fourth-order valence-corrected chi connectivity index (χ4v) is 5.78. The van der Waals surface area contributed by atoms with Crippen LogP contribution in [0.15, 0.2) is 35.6 Å². The zero-order chi connectivity index (χ0) is 18.1. The summed E-state index contributed by atoms with van der Waals surface area (Å²) < 4.78 is 13.0. The fraction of sp³-hybridized carbons (Fsp3) is 0.455. The number of hydrogen-bond acceptors (Lipinski definition) is 3. The summed E-state index contributed by atoms with van der Waals surface area (Å²) in [6.07, 6.45) is 12.4. The number of benzene rings is 1. The molecule has 4 aliphatic rings. The first-order valence-electron chi connectivity index (χ1n) is 9.31. The summed E-state index contributed by atoms with van der Waals surface area (Å²) in [5, 5.41) is 10.5. The van der Waals surface area contributed by atoms with Crippen LogP contribution < -0.4 is 21.7 Å². The number of allylic oxidation sites excluding steroid dienone is 2. The monoisotopic (exact) mass is 429 g/mol. The molecule has 1 N–H and O–H groups in total. The Balaban J connectivity index is 0.00000180. The highest BCUT2D eigenvalue weighted by atomic mass is 79.9. The summed E-state index contributed by atoms with van der Waals surface area (Å²) in [4.78, 5) is 0.